The second-order valence-electron chi connectivity index (χ2n) is 1.79. The minimum atomic E-state index is 0.451. The third kappa shape index (κ3) is 1.06. The smallest absolute Gasteiger partial charge is 0.131 e. The van der Waals surface area contributed by atoms with E-state index < -0.39 is 0 Å². The van der Waals surface area contributed by atoms with Crippen molar-refractivity contribution in [2.45, 2.75) is 6.54 Å². The van der Waals surface area contributed by atoms with Gasteiger partial charge in [0, 0.05) is 19.2 Å². The fourth-order valence-corrected chi connectivity index (χ4v) is 0.775. The second-order valence-corrected chi connectivity index (χ2v) is 2.15. The van der Waals surface area contributed by atoms with Crippen LogP contribution in [0.25, 0.3) is 0 Å². The second kappa shape index (κ2) is 2.37. The predicted molar refractivity (Wildman–Crippen MR) is 36.1 cm³/mol. The lowest BCUT2D eigenvalue weighted by Gasteiger charge is -1.91. The maximum atomic E-state index is 5.73. The number of hydrogen-bond donors (Lipinski definition) is 1. The summed E-state index contributed by atoms with van der Waals surface area (Å²) >= 11 is 5.73. The predicted octanol–water partition coefficient (Wildman–Crippen LogP) is 0.532. The molecule has 0 aromatic carbocycles. The van der Waals surface area contributed by atoms with Gasteiger partial charge in [-0.05, 0) is 0 Å². The molecule has 0 aliphatic rings. The molecule has 0 bridgehead atoms. The van der Waals surface area contributed by atoms with Crippen molar-refractivity contribution in [3.63, 3.8) is 0 Å². The van der Waals surface area contributed by atoms with Gasteiger partial charge in [0.25, 0.3) is 0 Å². The van der Waals surface area contributed by atoms with Crippen LogP contribution in [0.3, 0.4) is 0 Å². The standard InChI is InChI=1S/C5H8ClN3/c1-9-5(6)4(2-7)3-8-9/h3H,2,7H2,1H3. The average Bonchev–Trinajstić information content (AvgIpc) is 2.15. The van der Waals surface area contributed by atoms with Crippen LogP contribution in [0.2, 0.25) is 5.15 Å². The van der Waals surface area contributed by atoms with Gasteiger partial charge in [-0.25, -0.2) is 0 Å². The molecule has 50 valence electrons. The van der Waals surface area contributed by atoms with Crippen LogP contribution in [0.1, 0.15) is 5.56 Å². The minimum absolute atomic E-state index is 0.451. The van der Waals surface area contributed by atoms with E-state index >= 15 is 0 Å². The first-order valence-electron chi connectivity index (χ1n) is 2.62. The highest BCUT2D eigenvalue weighted by Crippen LogP contribution is 2.11. The maximum Gasteiger partial charge on any atom is 0.131 e. The summed E-state index contributed by atoms with van der Waals surface area (Å²) in [6.45, 7) is 0.451. The number of rotatable bonds is 1. The van der Waals surface area contributed by atoms with E-state index in [0.717, 1.165) is 5.56 Å². The third-order valence-corrected chi connectivity index (χ3v) is 1.64. The zero-order chi connectivity index (χ0) is 6.85. The van der Waals surface area contributed by atoms with Gasteiger partial charge in [-0.1, -0.05) is 11.6 Å². The van der Waals surface area contributed by atoms with Crippen molar-refractivity contribution < 1.29 is 0 Å². The Hall–Kier alpha value is -0.540. The molecule has 0 amide bonds. The van der Waals surface area contributed by atoms with Gasteiger partial charge in [0.2, 0.25) is 0 Å². The first-order chi connectivity index (χ1) is 4.25. The van der Waals surface area contributed by atoms with Gasteiger partial charge in [0.05, 0.1) is 6.20 Å². The Morgan fingerprint density at radius 3 is 2.78 bits per heavy atom. The number of aryl methyl sites for hydroxylation is 1. The molecule has 1 aromatic heterocycles. The van der Waals surface area contributed by atoms with Crippen LogP contribution in [0, 0.1) is 0 Å². The Balaban J connectivity index is 3.04. The molecule has 0 aliphatic carbocycles. The summed E-state index contributed by atoms with van der Waals surface area (Å²) in [6.07, 6.45) is 1.67. The average molecular weight is 146 g/mol. The molecule has 9 heavy (non-hydrogen) atoms. The first-order valence-corrected chi connectivity index (χ1v) is 3.00. The Labute approximate surface area is 58.4 Å². The van der Waals surface area contributed by atoms with Crippen LogP contribution in [0.15, 0.2) is 6.20 Å². The molecule has 1 heterocycles. The summed E-state index contributed by atoms with van der Waals surface area (Å²) in [5.41, 5.74) is 6.21. The summed E-state index contributed by atoms with van der Waals surface area (Å²) < 4.78 is 1.59. The molecule has 1 aromatic rings. The monoisotopic (exact) mass is 145 g/mol. The van der Waals surface area contributed by atoms with E-state index in [0.29, 0.717) is 11.7 Å². The molecule has 0 aliphatic heterocycles. The molecule has 0 radical (unpaired) electrons. The minimum Gasteiger partial charge on any atom is -0.326 e. The summed E-state index contributed by atoms with van der Waals surface area (Å²) in [5.74, 6) is 0. The molecule has 3 nitrogen and oxygen atoms in total. The van der Waals surface area contributed by atoms with E-state index in [4.69, 9.17) is 17.3 Å². The molecule has 2 N–H and O–H groups in total. The molecule has 0 fully saturated rings. The quantitative estimate of drug-likeness (QED) is 0.627. The topological polar surface area (TPSA) is 43.8 Å². The Bertz CT molecular complexity index is 206. The number of aromatic nitrogens is 2. The molecular weight excluding hydrogens is 138 g/mol. The molecule has 4 heteroatoms. The van der Waals surface area contributed by atoms with E-state index in [1.807, 2.05) is 0 Å². The Morgan fingerprint density at radius 1 is 1.89 bits per heavy atom. The third-order valence-electron chi connectivity index (χ3n) is 1.16. The van der Waals surface area contributed by atoms with Crippen LogP contribution in [-0.2, 0) is 13.6 Å². The van der Waals surface area contributed by atoms with Crippen molar-refractivity contribution in [3.8, 4) is 0 Å². The van der Waals surface area contributed by atoms with E-state index in [9.17, 15) is 0 Å². The van der Waals surface area contributed by atoms with Gasteiger partial charge in [-0.15, -0.1) is 0 Å². The zero-order valence-corrected chi connectivity index (χ0v) is 5.89. The van der Waals surface area contributed by atoms with E-state index in [1.165, 1.54) is 0 Å². The van der Waals surface area contributed by atoms with Crippen molar-refractivity contribution in [2.75, 3.05) is 0 Å². The molecule has 1 rings (SSSR count). The summed E-state index contributed by atoms with van der Waals surface area (Å²) in [4.78, 5) is 0. The van der Waals surface area contributed by atoms with E-state index in [1.54, 1.807) is 17.9 Å². The van der Waals surface area contributed by atoms with Crippen LogP contribution in [0.5, 0.6) is 0 Å². The van der Waals surface area contributed by atoms with Crippen LogP contribution < -0.4 is 5.73 Å². The number of nitrogens with zero attached hydrogens (tertiary/aromatic N) is 2. The molecule has 0 saturated heterocycles. The molecular formula is C5H8ClN3. The van der Waals surface area contributed by atoms with Gasteiger partial charge in [0.1, 0.15) is 5.15 Å². The number of halogens is 1. The van der Waals surface area contributed by atoms with E-state index in [-0.39, 0.29) is 0 Å². The fraction of sp³-hybridized carbons (Fsp3) is 0.400. The van der Waals surface area contributed by atoms with Gasteiger partial charge in [-0.3, -0.25) is 4.68 Å². The van der Waals surface area contributed by atoms with Crippen LogP contribution in [0.4, 0.5) is 0 Å². The molecule has 0 atom stereocenters. The van der Waals surface area contributed by atoms with Crippen molar-refractivity contribution >= 4 is 11.6 Å². The lowest BCUT2D eigenvalue weighted by Crippen LogP contribution is -1.95. The highest BCUT2D eigenvalue weighted by Gasteiger charge is 2.00. The first kappa shape index (κ1) is 6.58. The lowest BCUT2D eigenvalue weighted by atomic mass is 10.4. The van der Waals surface area contributed by atoms with Crippen molar-refractivity contribution in [2.24, 2.45) is 12.8 Å². The number of hydrogen-bond acceptors (Lipinski definition) is 2. The fourth-order valence-electron chi connectivity index (χ4n) is 0.605. The van der Waals surface area contributed by atoms with Crippen LogP contribution in [-0.4, -0.2) is 9.78 Å². The SMILES string of the molecule is Cn1ncc(CN)c1Cl. The molecule has 0 saturated carbocycles. The Morgan fingerprint density at radius 2 is 2.56 bits per heavy atom. The highest BCUT2D eigenvalue weighted by molar-refractivity contribution is 6.30. The summed E-state index contributed by atoms with van der Waals surface area (Å²) in [5, 5.41) is 4.51. The molecule has 0 spiro atoms. The van der Waals surface area contributed by atoms with Crippen molar-refractivity contribution in [3.05, 3.63) is 16.9 Å². The number of nitrogens with two attached hydrogens (primary N) is 1. The Kier molecular flexibility index (Phi) is 1.73. The van der Waals surface area contributed by atoms with Crippen molar-refractivity contribution in [1.82, 2.24) is 9.78 Å². The van der Waals surface area contributed by atoms with Gasteiger partial charge in [0.15, 0.2) is 0 Å². The van der Waals surface area contributed by atoms with E-state index in [2.05, 4.69) is 5.10 Å². The lowest BCUT2D eigenvalue weighted by molar-refractivity contribution is 0.768. The van der Waals surface area contributed by atoms with Gasteiger partial charge < -0.3 is 5.73 Å². The summed E-state index contributed by atoms with van der Waals surface area (Å²) in [7, 11) is 1.78. The maximum absolute atomic E-state index is 5.73. The van der Waals surface area contributed by atoms with Gasteiger partial charge in [-0.2, -0.15) is 5.10 Å². The van der Waals surface area contributed by atoms with Gasteiger partial charge >= 0.3 is 0 Å². The highest BCUT2D eigenvalue weighted by atomic mass is 35.5. The largest absolute Gasteiger partial charge is 0.326 e. The normalized spacial score (nSPS) is 10.1. The van der Waals surface area contributed by atoms with Crippen molar-refractivity contribution in [1.29, 1.82) is 0 Å². The van der Waals surface area contributed by atoms with Crippen LogP contribution >= 0.6 is 11.6 Å². The zero-order valence-electron chi connectivity index (χ0n) is 5.13. The molecule has 0 unspecified atom stereocenters. The summed E-state index contributed by atoms with van der Waals surface area (Å²) in [6, 6.07) is 0.